The normalized spacial score (nSPS) is 12.7. The van der Waals surface area contributed by atoms with Gasteiger partial charge in [-0.2, -0.15) is 0 Å². The Hall–Kier alpha value is -2.24. The average molecular weight is 480 g/mol. The molecule has 0 fully saturated rings. The molecule has 1 amide bonds. The molecule has 2 aromatic heterocycles. The summed E-state index contributed by atoms with van der Waals surface area (Å²) in [5.41, 5.74) is 1.89. The molecule has 11 heteroatoms. The maximum Gasteiger partial charge on any atom is 0.239 e. The minimum atomic E-state index is -3.55. The second-order valence-electron chi connectivity index (χ2n) is 7.19. The fourth-order valence-electron chi connectivity index (χ4n) is 2.73. The van der Waals surface area contributed by atoms with Crippen molar-refractivity contribution in [1.29, 1.82) is 0 Å². The number of benzene rings is 1. The molecule has 0 radical (unpaired) electrons. The molecule has 1 atom stereocenters. The lowest BCUT2D eigenvalue weighted by Gasteiger charge is -2.13. The van der Waals surface area contributed by atoms with Crippen molar-refractivity contribution in [3.8, 4) is 0 Å². The highest BCUT2D eigenvalue weighted by molar-refractivity contribution is 8.00. The summed E-state index contributed by atoms with van der Waals surface area (Å²) in [5.74, 6) is -0.108. The van der Waals surface area contributed by atoms with E-state index < -0.39 is 15.1 Å². The summed E-state index contributed by atoms with van der Waals surface area (Å²) < 4.78 is 27.1. The van der Waals surface area contributed by atoms with E-state index in [9.17, 15) is 13.2 Å². The number of rotatable bonds is 8. The van der Waals surface area contributed by atoms with Crippen LogP contribution < -0.4 is 5.32 Å². The average Bonchev–Trinajstić information content (AvgIpc) is 3.21. The topological polar surface area (TPSA) is 107 Å². The Balaban J connectivity index is 1.72. The molecule has 31 heavy (non-hydrogen) atoms. The van der Waals surface area contributed by atoms with Crippen LogP contribution >= 0.6 is 23.1 Å². The first-order valence-corrected chi connectivity index (χ1v) is 13.0. The third kappa shape index (κ3) is 5.52. The van der Waals surface area contributed by atoms with Crippen molar-refractivity contribution < 1.29 is 13.2 Å². The molecule has 0 saturated carbocycles. The smallest absolute Gasteiger partial charge is 0.239 e. The summed E-state index contributed by atoms with van der Waals surface area (Å²) >= 11 is 2.69. The summed E-state index contributed by atoms with van der Waals surface area (Å²) in [5, 5.41) is 11.7. The molecule has 0 aliphatic carbocycles. The van der Waals surface area contributed by atoms with Crippen molar-refractivity contribution in [1.82, 2.24) is 19.7 Å². The summed E-state index contributed by atoms with van der Waals surface area (Å²) in [7, 11) is -1.84. The molecule has 3 aromatic rings. The highest BCUT2D eigenvalue weighted by Gasteiger charge is 2.25. The molecule has 0 aliphatic heterocycles. The van der Waals surface area contributed by atoms with E-state index in [1.165, 1.54) is 23.1 Å². The van der Waals surface area contributed by atoms with Crippen LogP contribution in [0, 0.1) is 20.8 Å². The summed E-state index contributed by atoms with van der Waals surface area (Å²) in [4.78, 5) is 18.4. The first-order valence-electron chi connectivity index (χ1n) is 9.70. The van der Waals surface area contributed by atoms with E-state index in [4.69, 9.17) is 0 Å². The van der Waals surface area contributed by atoms with Crippen LogP contribution in [0.3, 0.4) is 0 Å². The van der Waals surface area contributed by atoms with Gasteiger partial charge in [0.25, 0.3) is 0 Å². The highest BCUT2D eigenvalue weighted by atomic mass is 32.2. The Morgan fingerprint density at radius 1 is 1.19 bits per heavy atom. The van der Waals surface area contributed by atoms with Gasteiger partial charge in [0.1, 0.15) is 11.6 Å². The molecule has 0 saturated heterocycles. The Morgan fingerprint density at radius 2 is 1.87 bits per heavy atom. The van der Waals surface area contributed by atoms with Crippen LogP contribution in [-0.4, -0.2) is 39.3 Å². The van der Waals surface area contributed by atoms with Gasteiger partial charge in [-0.15, -0.1) is 21.5 Å². The van der Waals surface area contributed by atoms with E-state index in [1.807, 2.05) is 27.7 Å². The van der Waals surface area contributed by atoms with Gasteiger partial charge in [0.15, 0.2) is 20.1 Å². The standard InChI is InChI=1S/C20H25N5O3S3/c1-6-16(18(26)22-19-21-13(3)14(4)29-19)30-20-24-23-17(25(20)5)11-31(27,28)15-9-7-12(2)8-10-15/h7-10,16H,6,11H2,1-5H3,(H,21,22,26). The maximum absolute atomic E-state index is 12.7. The Kier molecular flexibility index (Phi) is 7.17. The van der Waals surface area contributed by atoms with Gasteiger partial charge in [-0.25, -0.2) is 13.4 Å². The van der Waals surface area contributed by atoms with Crippen LogP contribution in [-0.2, 0) is 27.4 Å². The molecule has 0 bridgehead atoms. The van der Waals surface area contributed by atoms with E-state index >= 15 is 0 Å². The van der Waals surface area contributed by atoms with Gasteiger partial charge >= 0.3 is 0 Å². The lowest BCUT2D eigenvalue weighted by atomic mass is 10.2. The number of sulfone groups is 1. The Bertz CT molecular complexity index is 1160. The van der Waals surface area contributed by atoms with Crippen LogP contribution in [0.1, 0.15) is 35.3 Å². The van der Waals surface area contributed by atoms with Crippen molar-refractivity contribution in [2.24, 2.45) is 7.05 Å². The summed E-state index contributed by atoms with van der Waals surface area (Å²) in [6, 6.07) is 6.72. The summed E-state index contributed by atoms with van der Waals surface area (Å²) in [6.07, 6.45) is 0.573. The molecule has 166 valence electrons. The van der Waals surface area contributed by atoms with Crippen LogP contribution in [0.5, 0.6) is 0 Å². The number of thioether (sulfide) groups is 1. The number of hydrogen-bond donors (Lipinski definition) is 1. The molecule has 1 unspecified atom stereocenters. The third-order valence-corrected chi connectivity index (χ3v) is 8.81. The molecule has 1 N–H and O–H groups in total. The number of carbonyl (C=O) groups excluding carboxylic acids is 1. The SMILES string of the molecule is CCC(Sc1nnc(CS(=O)(=O)c2ccc(C)cc2)n1C)C(=O)Nc1nc(C)c(C)s1. The number of nitrogens with zero attached hydrogens (tertiary/aromatic N) is 4. The lowest BCUT2D eigenvalue weighted by molar-refractivity contribution is -0.115. The van der Waals surface area contributed by atoms with E-state index in [0.29, 0.717) is 22.5 Å². The number of amides is 1. The van der Waals surface area contributed by atoms with Crippen LogP contribution in [0.15, 0.2) is 34.3 Å². The number of hydrogen-bond acceptors (Lipinski definition) is 8. The number of nitrogens with one attached hydrogen (secondary N) is 1. The van der Waals surface area contributed by atoms with Crippen molar-refractivity contribution >= 4 is 44.0 Å². The number of aromatic nitrogens is 4. The zero-order chi connectivity index (χ0) is 22.8. The second kappa shape index (κ2) is 9.49. The van der Waals surface area contributed by atoms with Crippen molar-refractivity contribution in [3.63, 3.8) is 0 Å². The zero-order valence-corrected chi connectivity index (χ0v) is 20.5. The van der Waals surface area contributed by atoms with Crippen LogP contribution in [0.4, 0.5) is 5.13 Å². The molecule has 0 spiro atoms. The lowest BCUT2D eigenvalue weighted by Crippen LogP contribution is -2.25. The van der Waals surface area contributed by atoms with Crippen molar-refractivity contribution in [2.45, 2.75) is 55.2 Å². The maximum atomic E-state index is 12.7. The van der Waals surface area contributed by atoms with E-state index in [1.54, 1.807) is 35.9 Å². The molecular formula is C20H25N5O3S3. The van der Waals surface area contributed by atoms with Gasteiger partial charge in [-0.05, 0) is 39.3 Å². The fraction of sp³-hybridized carbons (Fsp3) is 0.400. The zero-order valence-electron chi connectivity index (χ0n) is 18.0. The Labute approximate surface area is 190 Å². The molecule has 8 nitrogen and oxygen atoms in total. The molecule has 2 heterocycles. The third-order valence-electron chi connectivity index (χ3n) is 4.79. The number of anilines is 1. The predicted octanol–water partition coefficient (Wildman–Crippen LogP) is 3.68. The van der Waals surface area contributed by atoms with Crippen LogP contribution in [0.2, 0.25) is 0 Å². The minimum Gasteiger partial charge on any atom is -0.308 e. The molecular weight excluding hydrogens is 454 g/mol. The van der Waals surface area contributed by atoms with Gasteiger partial charge in [-0.3, -0.25) is 4.79 Å². The van der Waals surface area contributed by atoms with E-state index in [-0.39, 0.29) is 16.6 Å². The van der Waals surface area contributed by atoms with Crippen molar-refractivity contribution in [2.75, 3.05) is 5.32 Å². The van der Waals surface area contributed by atoms with Crippen LogP contribution in [0.25, 0.3) is 0 Å². The quantitative estimate of drug-likeness (QED) is 0.491. The molecule has 0 aliphatic rings. The van der Waals surface area contributed by atoms with Gasteiger partial charge < -0.3 is 9.88 Å². The first-order chi connectivity index (χ1) is 14.6. The number of thiazole rings is 1. The van der Waals surface area contributed by atoms with Gasteiger partial charge in [0.2, 0.25) is 5.91 Å². The highest BCUT2D eigenvalue weighted by Crippen LogP contribution is 2.28. The van der Waals surface area contributed by atoms with Gasteiger partial charge in [0, 0.05) is 11.9 Å². The molecule has 3 rings (SSSR count). The van der Waals surface area contributed by atoms with Gasteiger partial charge in [-0.1, -0.05) is 36.4 Å². The predicted molar refractivity (Wildman–Crippen MR) is 123 cm³/mol. The number of aryl methyl sites for hydroxylation is 3. The van der Waals surface area contributed by atoms with E-state index in [0.717, 1.165) is 16.1 Å². The molecule has 1 aromatic carbocycles. The number of carbonyl (C=O) groups is 1. The Morgan fingerprint density at radius 3 is 2.45 bits per heavy atom. The fourth-order valence-corrected chi connectivity index (χ4v) is 5.80. The van der Waals surface area contributed by atoms with Gasteiger partial charge in [0.05, 0.1) is 15.8 Å². The monoisotopic (exact) mass is 479 g/mol. The largest absolute Gasteiger partial charge is 0.308 e. The van der Waals surface area contributed by atoms with E-state index in [2.05, 4.69) is 20.5 Å². The first kappa shape index (κ1) is 23.4. The second-order valence-corrected chi connectivity index (χ2v) is 11.6. The van der Waals surface area contributed by atoms with Crippen molar-refractivity contribution in [3.05, 3.63) is 46.2 Å². The summed E-state index contributed by atoms with van der Waals surface area (Å²) in [6.45, 7) is 7.67. The minimum absolute atomic E-state index is 0.168.